The third kappa shape index (κ3) is 4.87. The summed E-state index contributed by atoms with van der Waals surface area (Å²) in [5.74, 6) is -0.189. The summed E-state index contributed by atoms with van der Waals surface area (Å²) in [5.41, 5.74) is 3.52. The molecule has 0 saturated heterocycles. The highest BCUT2D eigenvalue weighted by molar-refractivity contribution is 7.15. The molecular formula is C20H22FN3S. The van der Waals surface area contributed by atoms with Crippen molar-refractivity contribution in [3.8, 4) is 10.4 Å². The van der Waals surface area contributed by atoms with Gasteiger partial charge in [0.2, 0.25) is 0 Å². The fourth-order valence-corrected chi connectivity index (χ4v) is 3.42. The van der Waals surface area contributed by atoms with Crippen LogP contribution in [0.4, 0.5) is 10.1 Å². The third-order valence-electron chi connectivity index (χ3n) is 4.00. The molecule has 0 bridgehead atoms. The zero-order valence-corrected chi connectivity index (χ0v) is 15.3. The van der Waals surface area contributed by atoms with E-state index in [0.717, 1.165) is 30.1 Å². The van der Waals surface area contributed by atoms with E-state index in [9.17, 15) is 4.39 Å². The van der Waals surface area contributed by atoms with Gasteiger partial charge in [0.25, 0.3) is 0 Å². The van der Waals surface area contributed by atoms with Crippen LogP contribution in [0.3, 0.4) is 0 Å². The standard InChI is InChI=1S/C20H22FN3S/c1-24(2)18-9-5-16(6-10-18)19-13-23-20(25-19)14-22-12-11-15-3-7-17(21)8-4-15/h3-10,13,22H,11-12,14H2,1-2H3. The molecule has 0 radical (unpaired) electrons. The van der Waals surface area contributed by atoms with Crippen molar-refractivity contribution in [2.24, 2.45) is 0 Å². The second-order valence-corrected chi connectivity index (χ2v) is 7.23. The van der Waals surface area contributed by atoms with Crippen molar-refractivity contribution in [3.05, 3.63) is 71.1 Å². The molecule has 0 aliphatic rings. The largest absolute Gasteiger partial charge is 0.378 e. The number of hydrogen-bond donors (Lipinski definition) is 1. The minimum Gasteiger partial charge on any atom is -0.378 e. The lowest BCUT2D eigenvalue weighted by molar-refractivity contribution is 0.626. The van der Waals surface area contributed by atoms with Gasteiger partial charge in [-0.25, -0.2) is 9.37 Å². The van der Waals surface area contributed by atoms with E-state index in [0.29, 0.717) is 0 Å². The molecule has 3 rings (SSSR count). The molecule has 1 heterocycles. The summed E-state index contributed by atoms with van der Waals surface area (Å²) in [6, 6.07) is 15.2. The maximum Gasteiger partial charge on any atom is 0.123 e. The van der Waals surface area contributed by atoms with Gasteiger partial charge in [0.15, 0.2) is 0 Å². The van der Waals surface area contributed by atoms with Crippen molar-refractivity contribution in [1.82, 2.24) is 10.3 Å². The molecule has 3 aromatic rings. The van der Waals surface area contributed by atoms with Crippen molar-refractivity contribution in [1.29, 1.82) is 0 Å². The predicted molar refractivity (Wildman–Crippen MR) is 104 cm³/mol. The van der Waals surface area contributed by atoms with E-state index in [4.69, 9.17) is 0 Å². The quantitative estimate of drug-likeness (QED) is 0.639. The van der Waals surface area contributed by atoms with Crippen LogP contribution in [-0.2, 0) is 13.0 Å². The number of halogens is 1. The fourth-order valence-electron chi connectivity index (χ4n) is 2.53. The number of nitrogens with one attached hydrogen (secondary N) is 1. The van der Waals surface area contributed by atoms with E-state index in [2.05, 4.69) is 39.5 Å². The van der Waals surface area contributed by atoms with E-state index < -0.39 is 0 Å². The van der Waals surface area contributed by atoms with Crippen LogP contribution >= 0.6 is 11.3 Å². The Bertz CT molecular complexity index is 795. The molecule has 5 heteroatoms. The average Bonchev–Trinajstić information content (AvgIpc) is 3.09. The second kappa shape index (κ2) is 8.23. The van der Waals surface area contributed by atoms with Gasteiger partial charge in [-0.3, -0.25) is 0 Å². The van der Waals surface area contributed by atoms with Crippen LogP contribution in [0, 0.1) is 5.82 Å². The molecule has 25 heavy (non-hydrogen) atoms. The molecule has 1 aromatic heterocycles. The lowest BCUT2D eigenvalue weighted by Crippen LogP contribution is -2.16. The summed E-state index contributed by atoms with van der Waals surface area (Å²) in [6.07, 6.45) is 2.82. The van der Waals surface area contributed by atoms with Crippen molar-refractivity contribution in [3.63, 3.8) is 0 Å². The molecule has 0 unspecified atom stereocenters. The smallest absolute Gasteiger partial charge is 0.123 e. The van der Waals surface area contributed by atoms with Gasteiger partial charge in [-0.2, -0.15) is 0 Å². The highest BCUT2D eigenvalue weighted by Gasteiger charge is 2.05. The van der Waals surface area contributed by atoms with Crippen LogP contribution in [-0.4, -0.2) is 25.6 Å². The normalized spacial score (nSPS) is 10.8. The first kappa shape index (κ1) is 17.6. The monoisotopic (exact) mass is 355 g/mol. The molecule has 0 atom stereocenters. The van der Waals surface area contributed by atoms with Gasteiger partial charge in [-0.15, -0.1) is 11.3 Å². The van der Waals surface area contributed by atoms with Crippen molar-refractivity contribution >= 4 is 17.0 Å². The SMILES string of the molecule is CN(C)c1ccc(-c2cnc(CNCCc3ccc(F)cc3)s2)cc1. The number of aromatic nitrogens is 1. The molecule has 1 N–H and O–H groups in total. The van der Waals surface area contributed by atoms with E-state index in [1.807, 2.05) is 32.4 Å². The number of hydrogen-bond acceptors (Lipinski definition) is 4. The van der Waals surface area contributed by atoms with Gasteiger partial charge < -0.3 is 10.2 Å². The Kier molecular flexibility index (Phi) is 5.79. The Balaban J connectivity index is 1.50. The zero-order chi connectivity index (χ0) is 17.6. The van der Waals surface area contributed by atoms with Crippen molar-refractivity contribution < 1.29 is 4.39 Å². The molecule has 0 amide bonds. The Morgan fingerprint density at radius 3 is 2.44 bits per heavy atom. The Hall–Kier alpha value is -2.24. The van der Waals surface area contributed by atoms with Gasteiger partial charge in [0.05, 0.1) is 4.88 Å². The van der Waals surface area contributed by atoms with E-state index in [1.54, 1.807) is 11.3 Å². The van der Waals surface area contributed by atoms with Crippen LogP contribution in [0.1, 0.15) is 10.6 Å². The average molecular weight is 355 g/mol. The van der Waals surface area contributed by atoms with E-state index in [-0.39, 0.29) is 5.82 Å². The van der Waals surface area contributed by atoms with E-state index >= 15 is 0 Å². The first-order valence-corrected chi connectivity index (χ1v) is 9.11. The van der Waals surface area contributed by atoms with Gasteiger partial charge in [-0.05, 0) is 48.4 Å². The summed E-state index contributed by atoms with van der Waals surface area (Å²) in [6.45, 7) is 1.60. The summed E-state index contributed by atoms with van der Waals surface area (Å²) >= 11 is 1.71. The van der Waals surface area contributed by atoms with Crippen LogP contribution in [0.25, 0.3) is 10.4 Å². The third-order valence-corrected chi connectivity index (χ3v) is 5.05. The van der Waals surface area contributed by atoms with Gasteiger partial charge in [0, 0.05) is 32.5 Å². The Morgan fingerprint density at radius 2 is 1.76 bits per heavy atom. The van der Waals surface area contributed by atoms with Crippen LogP contribution in [0.2, 0.25) is 0 Å². The first-order chi connectivity index (χ1) is 12.1. The van der Waals surface area contributed by atoms with Crippen LogP contribution in [0.15, 0.2) is 54.7 Å². The van der Waals surface area contributed by atoms with Crippen LogP contribution < -0.4 is 10.2 Å². The maximum absolute atomic E-state index is 12.9. The molecule has 0 saturated carbocycles. The summed E-state index contributed by atoms with van der Waals surface area (Å²) < 4.78 is 12.9. The molecule has 3 nitrogen and oxygen atoms in total. The Labute approximate surface area is 152 Å². The Morgan fingerprint density at radius 1 is 1.04 bits per heavy atom. The lowest BCUT2D eigenvalue weighted by Gasteiger charge is -2.12. The summed E-state index contributed by atoms with van der Waals surface area (Å²) in [4.78, 5) is 7.77. The summed E-state index contributed by atoms with van der Waals surface area (Å²) in [5, 5.41) is 4.48. The van der Waals surface area contributed by atoms with Gasteiger partial charge in [-0.1, -0.05) is 24.3 Å². The second-order valence-electron chi connectivity index (χ2n) is 6.11. The number of anilines is 1. The number of rotatable bonds is 7. The number of nitrogens with zero attached hydrogens (tertiary/aromatic N) is 2. The molecular weight excluding hydrogens is 333 g/mol. The predicted octanol–water partition coefficient (Wildman–Crippen LogP) is 4.35. The van der Waals surface area contributed by atoms with Gasteiger partial charge in [0.1, 0.15) is 10.8 Å². The highest BCUT2D eigenvalue weighted by Crippen LogP contribution is 2.27. The minimum atomic E-state index is -0.189. The van der Waals surface area contributed by atoms with Gasteiger partial charge >= 0.3 is 0 Å². The number of benzene rings is 2. The van der Waals surface area contributed by atoms with Crippen molar-refractivity contribution in [2.75, 3.05) is 25.5 Å². The first-order valence-electron chi connectivity index (χ1n) is 8.29. The zero-order valence-electron chi connectivity index (χ0n) is 14.5. The van der Waals surface area contributed by atoms with E-state index in [1.165, 1.54) is 28.3 Å². The molecule has 0 spiro atoms. The summed E-state index contributed by atoms with van der Waals surface area (Å²) in [7, 11) is 4.08. The molecule has 0 aliphatic carbocycles. The fraction of sp³-hybridized carbons (Fsp3) is 0.250. The topological polar surface area (TPSA) is 28.2 Å². The highest BCUT2D eigenvalue weighted by atomic mass is 32.1. The van der Waals surface area contributed by atoms with Crippen LogP contribution in [0.5, 0.6) is 0 Å². The molecule has 0 fully saturated rings. The molecule has 0 aliphatic heterocycles. The van der Waals surface area contributed by atoms with Crippen molar-refractivity contribution in [2.45, 2.75) is 13.0 Å². The number of thiazole rings is 1. The lowest BCUT2D eigenvalue weighted by atomic mass is 10.1. The molecule has 2 aromatic carbocycles. The minimum absolute atomic E-state index is 0.189. The maximum atomic E-state index is 12.9. The molecule has 130 valence electrons.